The van der Waals surface area contributed by atoms with Gasteiger partial charge in [0.2, 0.25) is 0 Å². The Morgan fingerprint density at radius 3 is 2.76 bits per heavy atom. The number of alkyl halides is 1. The molecule has 0 aromatic rings. The summed E-state index contributed by atoms with van der Waals surface area (Å²) in [4.78, 5) is 13.5. The van der Waals surface area contributed by atoms with Crippen LogP contribution in [0.4, 0.5) is 4.79 Å². The van der Waals surface area contributed by atoms with E-state index in [4.69, 9.17) is 9.47 Å². The predicted octanol–water partition coefficient (Wildman–Crippen LogP) is 2.80. The highest BCUT2D eigenvalue weighted by Gasteiger charge is 2.29. The van der Waals surface area contributed by atoms with Gasteiger partial charge < -0.3 is 14.4 Å². The van der Waals surface area contributed by atoms with Gasteiger partial charge in [0.25, 0.3) is 0 Å². The van der Waals surface area contributed by atoms with Crippen molar-refractivity contribution in [1.82, 2.24) is 4.90 Å². The first-order valence-corrected chi connectivity index (χ1v) is 7.20. The van der Waals surface area contributed by atoms with Crippen molar-refractivity contribution in [3.8, 4) is 0 Å². The first-order chi connectivity index (χ1) is 7.92. The van der Waals surface area contributed by atoms with Gasteiger partial charge in [-0.05, 0) is 33.6 Å². The van der Waals surface area contributed by atoms with Crippen molar-refractivity contribution in [3.63, 3.8) is 0 Å². The molecule has 1 heterocycles. The Hall–Kier alpha value is -0.290. The number of carbonyl (C=O) groups excluding carboxylic acids is 1. The van der Waals surface area contributed by atoms with Crippen LogP contribution in [0.2, 0.25) is 0 Å². The van der Waals surface area contributed by atoms with Gasteiger partial charge in [-0.1, -0.05) is 15.9 Å². The Balaban J connectivity index is 2.27. The van der Waals surface area contributed by atoms with Crippen LogP contribution in [0.1, 0.15) is 33.6 Å². The first kappa shape index (κ1) is 14.8. The Labute approximate surface area is 112 Å². The Bertz CT molecular complexity index is 253. The molecule has 0 bridgehead atoms. The molecular formula is C12H22BrNO3. The molecule has 1 atom stereocenters. The van der Waals surface area contributed by atoms with Gasteiger partial charge in [-0.3, -0.25) is 0 Å². The summed E-state index contributed by atoms with van der Waals surface area (Å²) < 4.78 is 11.0. The lowest BCUT2D eigenvalue weighted by Crippen LogP contribution is -2.36. The van der Waals surface area contributed by atoms with Gasteiger partial charge in [0.05, 0.1) is 12.6 Å². The normalized spacial score (nSPS) is 20.7. The van der Waals surface area contributed by atoms with E-state index in [9.17, 15) is 4.79 Å². The third-order valence-corrected chi connectivity index (χ3v) is 2.99. The number of halogens is 1. The number of amides is 1. The Morgan fingerprint density at radius 1 is 1.47 bits per heavy atom. The number of likely N-dealkylation sites (tertiary alicyclic amines) is 1. The van der Waals surface area contributed by atoms with Crippen LogP contribution in [0, 0.1) is 0 Å². The molecule has 100 valence electrons. The molecular weight excluding hydrogens is 286 g/mol. The van der Waals surface area contributed by atoms with Crippen molar-refractivity contribution in [3.05, 3.63) is 0 Å². The van der Waals surface area contributed by atoms with Crippen LogP contribution in [-0.4, -0.2) is 47.7 Å². The van der Waals surface area contributed by atoms with E-state index in [2.05, 4.69) is 15.9 Å². The number of nitrogens with zero attached hydrogens (tertiary/aromatic N) is 1. The SMILES string of the molecule is CC(C)(C)OC(=O)N1CCC(OCCCBr)C1. The zero-order valence-corrected chi connectivity index (χ0v) is 12.5. The van der Waals surface area contributed by atoms with Crippen LogP contribution < -0.4 is 0 Å². The van der Waals surface area contributed by atoms with E-state index in [1.54, 1.807) is 4.90 Å². The molecule has 0 aromatic carbocycles. The van der Waals surface area contributed by atoms with Gasteiger partial charge >= 0.3 is 6.09 Å². The second-order valence-electron chi connectivity index (χ2n) is 5.25. The minimum absolute atomic E-state index is 0.168. The van der Waals surface area contributed by atoms with Crippen LogP contribution >= 0.6 is 15.9 Å². The molecule has 1 amide bonds. The van der Waals surface area contributed by atoms with E-state index in [0.717, 1.165) is 31.3 Å². The standard InChI is InChI=1S/C12H22BrNO3/c1-12(2,3)17-11(15)14-7-5-10(9-14)16-8-4-6-13/h10H,4-9H2,1-3H3. The number of rotatable bonds is 4. The summed E-state index contributed by atoms with van der Waals surface area (Å²) >= 11 is 3.36. The van der Waals surface area contributed by atoms with Crippen LogP contribution in [0.25, 0.3) is 0 Å². The van der Waals surface area contributed by atoms with E-state index in [1.807, 2.05) is 20.8 Å². The highest BCUT2D eigenvalue weighted by atomic mass is 79.9. The van der Waals surface area contributed by atoms with Crippen molar-refractivity contribution >= 4 is 22.0 Å². The molecule has 0 radical (unpaired) electrons. The van der Waals surface area contributed by atoms with Crippen molar-refractivity contribution in [2.24, 2.45) is 0 Å². The van der Waals surface area contributed by atoms with Gasteiger partial charge in [0, 0.05) is 18.5 Å². The minimum Gasteiger partial charge on any atom is -0.444 e. The summed E-state index contributed by atoms with van der Waals surface area (Å²) in [6.07, 6.45) is 1.84. The molecule has 0 aromatic heterocycles. The number of carbonyl (C=O) groups is 1. The molecule has 5 heteroatoms. The van der Waals surface area contributed by atoms with Crippen LogP contribution in [0.3, 0.4) is 0 Å². The fourth-order valence-electron chi connectivity index (χ4n) is 1.66. The van der Waals surface area contributed by atoms with E-state index in [-0.39, 0.29) is 12.2 Å². The molecule has 0 saturated carbocycles. The van der Waals surface area contributed by atoms with E-state index in [1.165, 1.54) is 0 Å². The van der Waals surface area contributed by atoms with Crippen LogP contribution in [-0.2, 0) is 9.47 Å². The lowest BCUT2D eigenvalue weighted by atomic mass is 10.2. The van der Waals surface area contributed by atoms with Crippen LogP contribution in [0.5, 0.6) is 0 Å². The summed E-state index contributed by atoms with van der Waals surface area (Å²) in [6.45, 7) is 7.77. The highest BCUT2D eigenvalue weighted by Crippen LogP contribution is 2.17. The largest absolute Gasteiger partial charge is 0.444 e. The van der Waals surface area contributed by atoms with Gasteiger partial charge in [0.1, 0.15) is 5.60 Å². The molecule has 1 saturated heterocycles. The van der Waals surface area contributed by atoms with E-state index in [0.29, 0.717) is 6.54 Å². The van der Waals surface area contributed by atoms with E-state index >= 15 is 0 Å². The highest BCUT2D eigenvalue weighted by molar-refractivity contribution is 9.09. The molecule has 1 fully saturated rings. The molecule has 0 N–H and O–H groups in total. The predicted molar refractivity (Wildman–Crippen MR) is 70.6 cm³/mol. The summed E-state index contributed by atoms with van der Waals surface area (Å²) in [5.41, 5.74) is -0.425. The second-order valence-corrected chi connectivity index (χ2v) is 6.04. The van der Waals surface area contributed by atoms with Crippen molar-refractivity contribution in [1.29, 1.82) is 0 Å². The summed E-state index contributed by atoms with van der Waals surface area (Å²) in [5.74, 6) is 0. The van der Waals surface area contributed by atoms with Gasteiger partial charge in [-0.2, -0.15) is 0 Å². The average Bonchev–Trinajstić information content (AvgIpc) is 2.64. The van der Waals surface area contributed by atoms with Crippen molar-refractivity contribution in [2.45, 2.75) is 45.3 Å². The fourth-order valence-corrected chi connectivity index (χ4v) is 1.89. The molecule has 4 nitrogen and oxygen atoms in total. The second kappa shape index (κ2) is 6.59. The molecule has 0 spiro atoms. The van der Waals surface area contributed by atoms with Gasteiger partial charge in [0.15, 0.2) is 0 Å². The Morgan fingerprint density at radius 2 is 2.18 bits per heavy atom. The molecule has 1 rings (SSSR count). The van der Waals surface area contributed by atoms with Gasteiger partial charge in [-0.15, -0.1) is 0 Å². The third-order valence-electron chi connectivity index (χ3n) is 2.43. The number of ether oxygens (including phenoxy) is 2. The summed E-state index contributed by atoms with van der Waals surface area (Å²) in [6, 6.07) is 0. The van der Waals surface area contributed by atoms with E-state index < -0.39 is 5.60 Å². The maximum absolute atomic E-state index is 11.8. The smallest absolute Gasteiger partial charge is 0.410 e. The quantitative estimate of drug-likeness (QED) is 0.592. The zero-order valence-electron chi connectivity index (χ0n) is 10.9. The molecule has 1 aliphatic heterocycles. The summed E-state index contributed by atoms with van der Waals surface area (Å²) in [7, 11) is 0. The maximum atomic E-state index is 11.8. The lowest BCUT2D eigenvalue weighted by molar-refractivity contribution is 0.0212. The fraction of sp³-hybridized carbons (Fsp3) is 0.917. The molecule has 1 aliphatic rings. The van der Waals surface area contributed by atoms with Gasteiger partial charge in [-0.25, -0.2) is 4.79 Å². The number of hydrogen-bond donors (Lipinski definition) is 0. The zero-order chi connectivity index (χ0) is 12.9. The molecule has 0 aliphatic carbocycles. The topological polar surface area (TPSA) is 38.8 Å². The summed E-state index contributed by atoms with van der Waals surface area (Å²) in [5, 5.41) is 0.954. The van der Waals surface area contributed by atoms with Crippen molar-refractivity contribution in [2.75, 3.05) is 25.0 Å². The minimum atomic E-state index is -0.425. The Kier molecular flexibility index (Phi) is 5.73. The first-order valence-electron chi connectivity index (χ1n) is 6.08. The van der Waals surface area contributed by atoms with Crippen molar-refractivity contribution < 1.29 is 14.3 Å². The maximum Gasteiger partial charge on any atom is 0.410 e. The molecule has 17 heavy (non-hydrogen) atoms. The third kappa shape index (κ3) is 5.73. The lowest BCUT2D eigenvalue weighted by Gasteiger charge is -2.24. The monoisotopic (exact) mass is 307 g/mol. The average molecular weight is 308 g/mol. The van der Waals surface area contributed by atoms with Crippen LogP contribution in [0.15, 0.2) is 0 Å². The molecule has 1 unspecified atom stereocenters. The number of hydrogen-bond acceptors (Lipinski definition) is 3.